The Morgan fingerprint density at radius 2 is 2.11 bits per heavy atom. The van der Waals surface area contributed by atoms with Gasteiger partial charge < -0.3 is 16.2 Å². The number of aliphatic carboxylic acids is 1. The number of carboxylic acid groups (broad SMARTS) is 1. The zero-order chi connectivity index (χ0) is 13.7. The second-order valence-corrected chi connectivity index (χ2v) is 5.09. The summed E-state index contributed by atoms with van der Waals surface area (Å²) in [6.07, 6.45) is -0.0305. The van der Waals surface area contributed by atoms with Gasteiger partial charge in [-0.3, -0.25) is 4.79 Å². The van der Waals surface area contributed by atoms with Crippen molar-refractivity contribution in [2.24, 2.45) is 5.73 Å². The minimum absolute atomic E-state index is 0.0305. The van der Waals surface area contributed by atoms with E-state index in [9.17, 15) is 4.79 Å². The molecule has 1 heterocycles. The van der Waals surface area contributed by atoms with E-state index >= 15 is 0 Å². The third-order valence-electron chi connectivity index (χ3n) is 2.57. The average Bonchev–Trinajstić information content (AvgIpc) is 2.79. The average molecular weight is 277 g/mol. The molecule has 100 valence electrons. The van der Waals surface area contributed by atoms with Crippen molar-refractivity contribution in [3.8, 4) is 0 Å². The molecule has 1 aromatic carbocycles. The monoisotopic (exact) mass is 277 g/mol. The molecule has 0 radical (unpaired) electrons. The van der Waals surface area contributed by atoms with Crippen molar-refractivity contribution in [1.29, 1.82) is 0 Å². The van der Waals surface area contributed by atoms with Crippen LogP contribution < -0.4 is 11.1 Å². The molecule has 0 amide bonds. The fourth-order valence-electron chi connectivity index (χ4n) is 1.67. The van der Waals surface area contributed by atoms with Crippen molar-refractivity contribution in [3.05, 3.63) is 46.5 Å². The topological polar surface area (TPSA) is 88.2 Å². The van der Waals surface area contributed by atoms with E-state index in [1.807, 2.05) is 30.3 Å². The van der Waals surface area contributed by atoms with Crippen LogP contribution in [0.2, 0.25) is 0 Å². The second kappa shape index (κ2) is 6.31. The molecular formula is C13H15N3O2S. The molecule has 2 aromatic rings. The lowest BCUT2D eigenvalue weighted by Crippen LogP contribution is -2.05. The summed E-state index contributed by atoms with van der Waals surface area (Å²) < 4.78 is 0. The minimum Gasteiger partial charge on any atom is -0.481 e. The molecule has 0 saturated heterocycles. The summed E-state index contributed by atoms with van der Waals surface area (Å²) in [5.74, 6) is -0.868. The zero-order valence-electron chi connectivity index (χ0n) is 10.3. The highest BCUT2D eigenvalue weighted by molar-refractivity contribution is 7.15. The highest BCUT2D eigenvalue weighted by Gasteiger charge is 2.12. The smallest absolute Gasteiger partial charge is 0.308 e. The van der Waals surface area contributed by atoms with Crippen LogP contribution in [0.3, 0.4) is 0 Å². The highest BCUT2D eigenvalue weighted by atomic mass is 32.1. The molecule has 0 unspecified atom stereocenters. The molecule has 0 saturated carbocycles. The number of carbonyl (C=O) groups is 1. The summed E-state index contributed by atoms with van der Waals surface area (Å²) in [4.78, 5) is 15.8. The lowest BCUT2D eigenvalue weighted by molar-refractivity contribution is -0.136. The third-order valence-corrected chi connectivity index (χ3v) is 3.63. The van der Waals surface area contributed by atoms with Crippen LogP contribution in [-0.2, 0) is 24.3 Å². The van der Waals surface area contributed by atoms with Crippen molar-refractivity contribution >= 4 is 22.4 Å². The third kappa shape index (κ3) is 3.77. The lowest BCUT2D eigenvalue weighted by atomic mass is 10.2. The van der Waals surface area contributed by atoms with Crippen LogP contribution in [0, 0.1) is 0 Å². The maximum Gasteiger partial charge on any atom is 0.308 e. The van der Waals surface area contributed by atoms with Gasteiger partial charge in [0.05, 0.1) is 12.1 Å². The van der Waals surface area contributed by atoms with Gasteiger partial charge in [-0.25, -0.2) is 4.98 Å². The standard InChI is InChI=1S/C13H15N3O2S/c14-7-10-11(6-12(17)18)19-13(16-10)15-8-9-4-2-1-3-5-9/h1-5H,6-8,14H2,(H,15,16)(H,17,18). The number of nitrogens with zero attached hydrogens (tertiary/aromatic N) is 1. The Balaban J connectivity index is 2.04. The van der Waals surface area contributed by atoms with Crippen molar-refractivity contribution in [2.75, 3.05) is 5.32 Å². The molecular weight excluding hydrogens is 262 g/mol. The summed E-state index contributed by atoms with van der Waals surface area (Å²) in [6.45, 7) is 0.914. The van der Waals surface area contributed by atoms with E-state index in [1.54, 1.807) is 0 Å². The Morgan fingerprint density at radius 1 is 1.37 bits per heavy atom. The van der Waals surface area contributed by atoms with Crippen LogP contribution in [0.1, 0.15) is 16.1 Å². The normalized spacial score (nSPS) is 10.4. The number of nitrogens with two attached hydrogens (primary N) is 1. The van der Waals surface area contributed by atoms with Gasteiger partial charge in [0.2, 0.25) is 0 Å². The number of carboxylic acids is 1. The SMILES string of the molecule is NCc1nc(NCc2ccccc2)sc1CC(=O)O. The molecule has 4 N–H and O–H groups in total. The molecule has 2 rings (SSSR count). The fourth-order valence-corrected chi connectivity index (χ4v) is 2.64. The van der Waals surface area contributed by atoms with Gasteiger partial charge >= 0.3 is 5.97 Å². The molecule has 6 heteroatoms. The summed E-state index contributed by atoms with van der Waals surface area (Å²) in [7, 11) is 0. The van der Waals surface area contributed by atoms with E-state index < -0.39 is 5.97 Å². The Labute approximate surface area is 115 Å². The Morgan fingerprint density at radius 3 is 2.74 bits per heavy atom. The zero-order valence-corrected chi connectivity index (χ0v) is 11.1. The Hall–Kier alpha value is -1.92. The molecule has 5 nitrogen and oxygen atoms in total. The number of rotatable bonds is 6. The van der Waals surface area contributed by atoms with Gasteiger partial charge in [-0.05, 0) is 5.56 Å². The van der Waals surface area contributed by atoms with Gasteiger partial charge in [0.15, 0.2) is 5.13 Å². The largest absolute Gasteiger partial charge is 0.481 e. The molecule has 0 aliphatic heterocycles. The quantitative estimate of drug-likeness (QED) is 0.750. The second-order valence-electron chi connectivity index (χ2n) is 4.00. The van der Waals surface area contributed by atoms with Crippen LogP contribution in [0.25, 0.3) is 0 Å². The van der Waals surface area contributed by atoms with E-state index in [1.165, 1.54) is 11.3 Å². The van der Waals surface area contributed by atoms with Gasteiger partial charge in [-0.1, -0.05) is 30.3 Å². The maximum absolute atomic E-state index is 10.7. The van der Waals surface area contributed by atoms with Gasteiger partial charge in [-0.2, -0.15) is 0 Å². The number of benzene rings is 1. The first-order chi connectivity index (χ1) is 9.19. The molecule has 0 spiro atoms. The van der Waals surface area contributed by atoms with Crippen LogP contribution in [-0.4, -0.2) is 16.1 Å². The van der Waals surface area contributed by atoms with Gasteiger partial charge in [0, 0.05) is 18.0 Å². The summed E-state index contributed by atoms with van der Waals surface area (Å²) >= 11 is 1.35. The number of hydrogen-bond donors (Lipinski definition) is 3. The van der Waals surface area contributed by atoms with Crippen LogP contribution in [0.4, 0.5) is 5.13 Å². The number of hydrogen-bond acceptors (Lipinski definition) is 5. The summed E-state index contributed by atoms with van der Waals surface area (Å²) in [6, 6.07) is 9.94. The van der Waals surface area contributed by atoms with E-state index in [2.05, 4.69) is 10.3 Å². The Kier molecular flexibility index (Phi) is 4.48. The fraction of sp³-hybridized carbons (Fsp3) is 0.231. The van der Waals surface area contributed by atoms with Crippen molar-refractivity contribution in [3.63, 3.8) is 0 Å². The molecule has 0 aliphatic carbocycles. The van der Waals surface area contributed by atoms with Gasteiger partial charge in [0.1, 0.15) is 0 Å². The molecule has 0 bridgehead atoms. The van der Waals surface area contributed by atoms with Crippen molar-refractivity contribution in [2.45, 2.75) is 19.5 Å². The van der Waals surface area contributed by atoms with Crippen molar-refractivity contribution < 1.29 is 9.90 Å². The van der Waals surface area contributed by atoms with Crippen LogP contribution in [0.15, 0.2) is 30.3 Å². The first-order valence-corrected chi connectivity index (χ1v) is 6.69. The lowest BCUT2D eigenvalue weighted by Gasteiger charge is -2.01. The number of nitrogens with one attached hydrogen (secondary N) is 1. The number of aromatic nitrogens is 1. The van der Waals surface area contributed by atoms with Gasteiger partial charge in [-0.15, -0.1) is 11.3 Å². The van der Waals surface area contributed by atoms with E-state index in [4.69, 9.17) is 10.8 Å². The molecule has 1 aromatic heterocycles. The number of thiazole rings is 1. The van der Waals surface area contributed by atoms with Gasteiger partial charge in [0.25, 0.3) is 0 Å². The molecule has 0 atom stereocenters. The Bertz CT molecular complexity index is 554. The maximum atomic E-state index is 10.7. The minimum atomic E-state index is -0.868. The predicted molar refractivity (Wildman–Crippen MR) is 75.1 cm³/mol. The first-order valence-electron chi connectivity index (χ1n) is 5.87. The number of anilines is 1. The molecule has 0 aliphatic rings. The van der Waals surface area contributed by atoms with E-state index in [0.717, 1.165) is 5.56 Å². The first kappa shape index (κ1) is 13.5. The van der Waals surface area contributed by atoms with Crippen LogP contribution >= 0.6 is 11.3 Å². The summed E-state index contributed by atoms with van der Waals surface area (Å²) in [5, 5.41) is 12.7. The highest BCUT2D eigenvalue weighted by Crippen LogP contribution is 2.24. The predicted octanol–water partition coefficient (Wildman–Crippen LogP) is 1.84. The van der Waals surface area contributed by atoms with Crippen LogP contribution in [0.5, 0.6) is 0 Å². The summed E-state index contributed by atoms with van der Waals surface area (Å²) in [5.41, 5.74) is 7.37. The van der Waals surface area contributed by atoms with E-state index in [-0.39, 0.29) is 13.0 Å². The molecule has 0 fully saturated rings. The molecule has 19 heavy (non-hydrogen) atoms. The van der Waals surface area contributed by atoms with E-state index in [0.29, 0.717) is 22.2 Å². The van der Waals surface area contributed by atoms with Crippen molar-refractivity contribution in [1.82, 2.24) is 4.98 Å².